The molecule has 2 fully saturated rings. The molecule has 5 nitrogen and oxygen atoms in total. The number of hydrogen-bond donors (Lipinski definition) is 2. The Hall–Kier alpha value is -1.40. The number of anilines is 2. The molecule has 0 bridgehead atoms. The quantitative estimate of drug-likeness (QED) is 0.733. The number of carbonyl (C=O) groups excluding carboxylic acids is 1. The van der Waals surface area contributed by atoms with Crippen molar-refractivity contribution in [1.29, 1.82) is 0 Å². The predicted molar refractivity (Wildman–Crippen MR) is 110 cm³/mol. The van der Waals surface area contributed by atoms with Gasteiger partial charge in [-0.1, -0.05) is 25.0 Å². The van der Waals surface area contributed by atoms with Gasteiger partial charge in [-0.2, -0.15) is 11.8 Å². The van der Waals surface area contributed by atoms with E-state index in [0.29, 0.717) is 6.54 Å². The van der Waals surface area contributed by atoms with Crippen molar-refractivity contribution in [2.75, 3.05) is 35.6 Å². The van der Waals surface area contributed by atoms with Crippen molar-refractivity contribution in [3.8, 4) is 0 Å². The molecule has 0 aromatic heterocycles. The number of amides is 2. The van der Waals surface area contributed by atoms with Crippen molar-refractivity contribution >= 4 is 29.2 Å². The molecule has 1 aromatic carbocycles. The first-order valence-electron chi connectivity index (χ1n) is 9.77. The van der Waals surface area contributed by atoms with Crippen LogP contribution in [-0.2, 0) is 4.74 Å². The van der Waals surface area contributed by atoms with E-state index < -0.39 is 0 Å². The molecule has 144 valence electrons. The maximum atomic E-state index is 12.3. The van der Waals surface area contributed by atoms with Crippen molar-refractivity contribution < 1.29 is 9.53 Å². The number of benzene rings is 1. The van der Waals surface area contributed by atoms with E-state index in [4.69, 9.17) is 4.74 Å². The minimum atomic E-state index is -0.126. The van der Waals surface area contributed by atoms with Gasteiger partial charge in [-0.25, -0.2) is 4.79 Å². The molecular formula is C20H31N3O2S. The SMILES string of the molecule is CC1CN(c2ccccc2NC(=O)NCCSC2CCCC2)CC(C)O1. The summed E-state index contributed by atoms with van der Waals surface area (Å²) >= 11 is 1.99. The minimum absolute atomic E-state index is 0.126. The van der Waals surface area contributed by atoms with E-state index in [1.54, 1.807) is 0 Å². The maximum absolute atomic E-state index is 12.3. The van der Waals surface area contributed by atoms with Gasteiger partial charge in [0.15, 0.2) is 0 Å². The fourth-order valence-corrected chi connectivity index (χ4v) is 5.06. The summed E-state index contributed by atoms with van der Waals surface area (Å²) in [6.45, 7) is 6.56. The molecule has 1 saturated carbocycles. The molecule has 1 aliphatic heterocycles. The van der Waals surface area contributed by atoms with Crippen LogP contribution in [0.4, 0.5) is 16.2 Å². The zero-order valence-electron chi connectivity index (χ0n) is 15.9. The first kappa shape index (κ1) is 19.4. The Labute approximate surface area is 161 Å². The molecule has 2 atom stereocenters. The summed E-state index contributed by atoms with van der Waals surface area (Å²) in [5.74, 6) is 0.984. The molecule has 26 heavy (non-hydrogen) atoms. The first-order chi connectivity index (χ1) is 12.6. The zero-order chi connectivity index (χ0) is 18.4. The van der Waals surface area contributed by atoms with Crippen LogP contribution in [0.1, 0.15) is 39.5 Å². The Kier molecular flexibility index (Phi) is 7.08. The largest absolute Gasteiger partial charge is 0.372 e. The lowest BCUT2D eigenvalue weighted by Gasteiger charge is -2.37. The van der Waals surface area contributed by atoms with Gasteiger partial charge in [-0.3, -0.25) is 0 Å². The zero-order valence-corrected chi connectivity index (χ0v) is 16.7. The number of morpholine rings is 1. The molecule has 2 unspecified atom stereocenters. The Bertz CT molecular complexity index is 582. The summed E-state index contributed by atoms with van der Waals surface area (Å²) in [7, 11) is 0. The van der Waals surface area contributed by atoms with Crippen LogP contribution in [0.5, 0.6) is 0 Å². The van der Waals surface area contributed by atoms with Gasteiger partial charge < -0.3 is 20.3 Å². The highest BCUT2D eigenvalue weighted by Crippen LogP contribution is 2.29. The summed E-state index contributed by atoms with van der Waals surface area (Å²) < 4.78 is 5.82. The van der Waals surface area contributed by atoms with Crippen molar-refractivity contribution in [1.82, 2.24) is 5.32 Å². The fourth-order valence-electron chi connectivity index (χ4n) is 3.84. The van der Waals surface area contributed by atoms with E-state index >= 15 is 0 Å². The molecule has 1 aromatic rings. The number of urea groups is 1. The third-order valence-electron chi connectivity index (χ3n) is 4.96. The van der Waals surface area contributed by atoms with Crippen LogP contribution in [0.15, 0.2) is 24.3 Å². The van der Waals surface area contributed by atoms with Crippen molar-refractivity contribution in [3.63, 3.8) is 0 Å². The third-order valence-corrected chi connectivity index (χ3v) is 6.34. The molecule has 1 heterocycles. The number of para-hydroxylation sites is 2. The van der Waals surface area contributed by atoms with Gasteiger partial charge in [-0.05, 0) is 38.8 Å². The van der Waals surface area contributed by atoms with E-state index in [9.17, 15) is 4.79 Å². The molecule has 2 amide bonds. The third kappa shape index (κ3) is 5.55. The highest BCUT2D eigenvalue weighted by atomic mass is 32.2. The van der Waals surface area contributed by atoms with Gasteiger partial charge in [0, 0.05) is 30.6 Å². The Morgan fingerprint density at radius 2 is 1.88 bits per heavy atom. The first-order valence-corrected chi connectivity index (χ1v) is 10.8. The van der Waals surface area contributed by atoms with Crippen LogP contribution in [-0.4, -0.2) is 48.9 Å². The molecule has 2 aliphatic rings. The molecule has 6 heteroatoms. The van der Waals surface area contributed by atoms with E-state index in [0.717, 1.165) is 35.5 Å². The molecule has 2 N–H and O–H groups in total. The van der Waals surface area contributed by atoms with E-state index in [1.807, 2.05) is 30.0 Å². The fraction of sp³-hybridized carbons (Fsp3) is 0.650. The second-order valence-corrected chi connectivity index (χ2v) is 8.75. The summed E-state index contributed by atoms with van der Waals surface area (Å²) in [6.07, 6.45) is 5.77. The summed E-state index contributed by atoms with van der Waals surface area (Å²) in [5.41, 5.74) is 1.92. The maximum Gasteiger partial charge on any atom is 0.319 e. The molecular weight excluding hydrogens is 346 g/mol. The summed E-state index contributed by atoms with van der Waals surface area (Å²) in [5, 5.41) is 6.81. The van der Waals surface area contributed by atoms with Crippen LogP contribution in [0.2, 0.25) is 0 Å². The highest BCUT2D eigenvalue weighted by molar-refractivity contribution is 7.99. The lowest BCUT2D eigenvalue weighted by atomic mass is 10.1. The van der Waals surface area contributed by atoms with Gasteiger partial charge in [-0.15, -0.1) is 0 Å². The van der Waals surface area contributed by atoms with E-state index in [2.05, 4.69) is 35.4 Å². The van der Waals surface area contributed by atoms with Crippen molar-refractivity contribution in [3.05, 3.63) is 24.3 Å². The number of ether oxygens (including phenoxy) is 1. The van der Waals surface area contributed by atoms with E-state index in [-0.39, 0.29) is 18.2 Å². The average molecular weight is 378 g/mol. The Balaban J connectivity index is 1.50. The van der Waals surface area contributed by atoms with Crippen molar-refractivity contribution in [2.45, 2.75) is 57.0 Å². The molecule has 3 rings (SSSR count). The monoisotopic (exact) mass is 377 g/mol. The number of carbonyl (C=O) groups is 1. The van der Waals surface area contributed by atoms with Gasteiger partial charge in [0.2, 0.25) is 0 Å². The smallest absolute Gasteiger partial charge is 0.319 e. The summed E-state index contributed by atoms with van der Waals surface area (Å²) in [4.78, 5) is 14.6. The van der Waals surface area contributed by atoms with E-state index in [1.165, 1.54) is 25.7 Å². The Morgan fingerprint density at radius 3 is 2.62 bits per heavy atom. The van der Waals surface area contributed by atoms with Gasteiger partial charge >= 0.3 is 6.03 Å². The lowest BCUT2D eigenvalue weighted by Crippen LogP contribution is -2.45. The number of rotatable bonds is 6. The minimum Gasteiger partial charge on any atom is -0.372 e. The molecule has 1 saturated heterocycles. The van der Waals surface area contributed by atoms with Crippen LogP contribution in [0.25, 0.3) is 0 Å². The van der Waals surface area contributed by atoms with Crippen LogP contribution in [0.3, 0.4) is 0 Å². The lowest BCUT2D eigenvalue weighted by molar-refractivity contribution is -0.00517. The van der Waals surface area contributed by atoms with Gasteiger partial charge in [0.1, 0.15) is 0 Å². The highest BCUT2D eigenvalue weighted by Gasteiger charge is 2.24. The number of nitrogens with one attached hydrogen (secondary N) is 2. The second kappa shape index (κ2) is 9.51. The average Bonchev–Trinajstić information content (AvgIpc) is 3.12. The number of hydrogen-bond acceptors (Lipinski definition) is 4. The number of nitrogens with zero attached hydrogens (tertiary/aromatic N) is 1. The second-order valence-electron chi connectivity index (χ2n) is 7.34. The van der Waals surface area contributed by atoms with Crippen molar-refractivity contribution in [2.24, 2.45) is 0 Å². The summed E-state index contributed by atoms with van der Waals surface area (Å²) in [6, 6.07) is 7.88. The Morgan fingerprint density at radius 1 is 1.19 bits per heavy atom. The topological polar surface area (TPSA) is 53.6 Å². The van der Waals surface area contributed by atoms with Crippen LogP contribution < -0.4 is 15.5 Å². The number of thioether (sulfide) groups is 1. The molecule has 0 spiro atoms. The van der Waals surface area contributed by atoms with Gasteiger partial charge in [0.25, 0.3) is 0 Å². The van der Waals surface area contributed by atoms with Crippen LogP contribution >= 0.6 is 11.8 Å². The predicted octanol–water partition coefficient (Wildman–Crippen LogP) is 4.10. The standard InChI is InChI=1S/C20H31N3O2S/c1-15-13-23(14-16(2)25-15)19-10-6-5-9-18(19)22-20(24)21-11-12-26-17-7-3-4-8-17/h5-6,9-10,15-17H,3-4,7-8,11-14H2,1-2H3,(H2,21,22,24). The normalized spacial score (nSPS) is 23.8. The van der Waals surface area contributed by atoms with Crippen LogP contribution in [0, 0.1) is 0 Å². The van der Waals surface area contributed by atoms with Gasteiger partial charge in [0.05, 0.1) is 23.6 Å². The molecule has 1 aliphatic carbocycles. The molecule has 0 radical (unpaired) electrons.